The molecule has 0 fully saturated rings. The maximum absolute atomic E-state index is 8.19. The van der Waals surface area contributed by atoms with Gasteiger partial charge in [0, 0.05) is 0 Å². The van der Waals surface area contributed by atoms with Crippen molar-refractivity contribution in [1.82, 2.24) is 0 Å². The van der Waals surface area contributed by atoms with Crippen LogP contribution in [0.5, 0.6) is 0 Å². The number of benzene rings is 2. The van der Waals surface area contributed by atoms with Gasteiger partial charge in [-0.1, -0.05) is 36.4 Å². The van der Waals surface area contributed by atoms with E-state index in [-0.39, 0.29) is 24.8 Å². The Bertz CT molecular complexity index is 542. The molecule has 3 aromatic carbocycles. The van der Waals surface area contributed by atoms with Gasteiger partial charge in [-0.2, -0.15) is 0 Å². The van der Waals surface area contributed by atoms with Crippen LogP contribution >= 0.6 is 0 Å². The summed E-state index contributed by atoms with van der Waals surface area (Å²) in [6.07, 6.45) is 0. The smallest absolute Gasteiger partial charge is 0.0771 e. The van der Waals surface area contributed by atoms with Crippen molar-refractivity contribution in [2.45, 2.75) is 0 Å². The third kappa shape index (κ3) is 3.14. The van der Waals surface area contributed by atoms with E-state index < -0.39 is 0 Å². The zero-order valence-electron chi connectivity index (χ0n) is 8.81. The van der Waals surface area contributed by atoms with E-state index in [4.69, 9.17) is 3.67 Å². The van der Waals surface area contributed by atoms with E-state index in [0.717, 1.165) is 17.4 Å². The van der Waals surface area contributed by atoms with Crippen LogP contribution in [-0.4, -0.2) is 0 Å². The van der Waals surface area contributed by atoms with Crippen molar-refractivity contribution >= 4 is 21.5 Å². The van der Waals surface area contributed by atoms with E-state index in [9.17, 15) is 0 Å². The molecule has 1 nitrogen and oxygen atoms in total. The molecule has 4 heteroatoms. The van der Waals surface area contributed by atoms with E-state index in [1.165, 1.54) is 21.5 Å². The maximum Gasteiger partial charge on any atom is -0.0771 e. The van der Waals surface area contributed by atoms with Gasteiger partial charge in [0.25, 0.3) is 0 Å². The quantitative estimate of drug-likeness (QED) is 0.423. The normalized spacial score (nSPS) is 8.82. The summed E-state index contributed by atoms with van der Waals surface area (Å²) < 4.78 is 8.19. The summed E-state index contributed by atoms with van der Waals surface area (Å²) in [5.41, 5.74) is 0. The van der Waals surface area contributed by atoms with Gasteiger partial charge in [-0.25, -0.2) is 0 Å². The van der Waals surface area contributed by atoms with E-state index in [1.54, 1.807) is 0 Å². The molecule has 0 aliphatic rings. The molecule has 3 rings (SSSR count). The van der Waals surface area contributed by atoms with Gasteiger partial charge in [0.1, 0.15) is 0 Å². The number of halogens is 2. The molecule has 0 unspecified atom stereocenters. The summed E-state index contributed by atoms with van der Waals surface area (Å²) in [6, 6.07) is 19.3. The predicted octanol–water partition coefficient (Wildman–Crippen LogP) is -2.40. The fraction of sp³-hybridized carbons (Fsp3) is 0. The Labute approximate surface area is 122 Å². The topological polar surface area (TPSA) is 17.1 Å². The summed E-state index contributed by atoms with van der Waals surface area (Å²) in [5, 5.41) is 5.39. The molecule has 0 amide bonds. The molecule has 0 aliphatic carbocycles. The Kier molecular flexibility index (Phi) is 7.25. The second kappa shape index (κ2) is 7.57. The third-order valence-corrected chi connectivity index (χ3v) is 2.52. The Morgan fingerprint density at radius 3 is 1.47 bits per heavy atom. The summed E-state index contributed by atoms with van der Waals surface area (Å²) in [7, 11) is 0. The van der Waals surface area contributed by atoms with Crippen molar-refractivity contribution in [2.75, 3.05) is 0 Å². The van der Waals surface area contributed by atoms with E-state index >= 15 is 0 Å². The summed E-state index contributed by atoms with van der Waals surface area (Å²) in [4.78, 5) is 0. The van der Waals surface area contributed by atoms with E-state index in [0.29, 0.717) is 0 Å². The fourth-order valence-corrected chi connectivity index (χ4v) is 1.90. The summed E-state index contributed by atoms with van der Waals surface area (Å²) in [5.74, 6) is 0. The van der Waals surface area contributed by atoms with Gasteiger partial charge in [0.15, 0.2) is 0 Å². The average Bonchev–Trinajstić information content (AvgIpc) is 2.70. The molecule has 0 saturated heterocycles. The Morgan fingerprint density at radius 2 is 1.06 bits per heavy atom. The van der Waals surface area contributed by atoms with Crippen molar-refractivity contribution in [3.05, 3.63) is 54.6 Å². The van der Waals surface area contributed by atoms with Gasteiger partial charge in [0.2, 0.25) is 0 Å². The van der Waals surface area contributed by atoms with Gasteiger partial charge >= 0.3 is 21.0 Å². The van der Waals surface area contributed by atoms with Crippen LogP contribution in [0.3, 0.4) is 0 Å². The van der Waals surface area contributed by atoms with E-state index in [1.807, 2.05) is 0 Å². The monoisotopic (exact) mass is 302 g/mol. The SMILES string of the molecule is [Cl-].[Cl-].[O]=[V+2].c1ccc2c(c1)[cH-]c1ccccc12. The molecule has 0 N–H and O–H groups in total. The molecule has 0 atom stereocenters. The van der Waals surface area contributed by atoms with Gasteiger partial charge in [-0.05, 0) is 0 Å². The molecule has 0 aromatic heterocycles. The minimum Gasteiger partial charge on any atom is -0.126 e. The van der Waals surface area contributed by atoms with Gasteiger partial charge < -0.3 is 24.8 Å². The first-order valence-electron chi connectivity index (χ1n) is 4.66. The predicted molar refractivity (Wildman–Crippen MR) is 57.7 cm³/mol. The molecule has 0 spiro atoms. The van der Waals surface area contributed by atoms with Gasteiger partial charge in [-0.3, -0.25) is 0 Å². The minimum absolute atomic E-state index is 0. The standard InChI is InChI=1S/C13H9.2ClH.O.V/c1-3-7-12-10(5-1)9-11-6-2-4-8-13(11)12;;;;/h1-9H;2*1H;;/q-1;;;;+2/p-2. The Hall–Kier alpha value is -0.726. The first kappa shape index (κ1) is 16.3. The van der Waals surface area contributed by atoms with Crippen LogP contribution in [0.25, 0.3) is 21.5 Å². The van der Waals surface area contributed by atoms with Crippen molar-refractivity contribution in [3.63, 3.8) is 0 Å². The van der Waals surface area contributed by atoms with Crippen molar-refractivity contribution in [3.8, 4) is 0 Å². The fourth-order valence-electron chi connectivity index (χ4n) is 1.90. The Morgan fingerprint density at radius 1 is 0.706 bits per heavy atom. The largest absolute Gasteiger partial charge is 0.126 e. The first-order chi connectivity index (χ1) is 7.45. The number of fused-ring (bicyclic) bond motifs is 3. The first-order valence-corrected chi connectivity index (χ1v) is 5.23. The molecule has 17 heavy (non-hydrogen) atoms. The molecule has 87 valence electrons. The zero-order valence-corrected chi connectivity index (χ0v) is 11.7. The van der Waals surface area contributed by atoms with Crippen LogP contribution in [0.4, 0.5) is 0 Å². The second-order valence-electron chi connectivity index (χ2n) is 3.32. The van der Waals surface area contributed by atoms with E-state index in [2.05, 4.69) is 54.6 Å². The minimum atomic E-state index is 0. The maximum atomic E-state index is 8.19. The molecule has 0 bridgehead atoms. The average molecular weight is 303 g/mol. The molecular weight excluding hydrogens is 294 g/mol. The van der Waals surface area contributed by atoms with Crippen LogP contribution in [0.1, 0.15) is 0 Å². The molecule has 0 saturated carbocycles. The number of rotatable bonds is 0. The Balaban J connectivity index is 0.000000611. The van der Waals surface area contributed by atoms with Crippen LogP contribution < -0.4 is 24.8 Å². The number of hydrogen-bond acceptors (Lipinski definition) is 1. The second-order valence-corrected chi connectivity index (χ2v) is 3.32. The number of hydrogen-bond donors (Lipinski definition) is 0. The molecule has 0 aliphatic heterocycles. The van der Waals surface area contributed by atoms with Crippen molar-refractivity contribution in [2.24, 2.45) is 0 Å². The summed E-state index contributed by atoms with van der Waals surface area (Å²) >= 11 is 1.06. The van der Waals surface area contributed by atoms with Crippen LogP contribution in [0.15, 0.2) is 54.6 Å². The third-order valence-electron chi connectivity index (χ3n) is 2.52. The van der Waals surface area contributed by atoms with Crippen LogP contribution in [0.2, 0.25) is 0 Å². The molecule has 0 radical (unpaired) electrons. The molecule has 3 aromatic rings. The van der Waals surface area contributed by atoms with Crippen LogP contribution in [-0.2, 0) is 21.0 Å². The van der Waals surface area contributed by atoms with Gasteiger partial charge in [0.05, 0.1) is 0 Å². The summed E-state index contributed by atoms with van der Waals surface area (Å²) in [6.45, 7) is 0. The van der Waals surface area contributed by atoms with Crippen LogP contribution in [0, 0.1) is 0 Å². The molecule has 0 heterocycles. The van der Waals surface area contributed by atoms with Gasteiger partial charge in [-0.15, -0.1) is 39.7 Å². The zero-order chi connectivity index (χ0) is 10.7. The molecular formula is C13H9Cl2OV-. The van der Waals surface area contributed by atoms with Crippen molar-refractivity contribution in [1.29, 1.82) is 0 Å². The van der Waals surface area contributed by atoms with Crippen molar-refractivity contribution < 1.29 is 45.9 Å².